The normalized spacial score (nSPS) is 10.3. The Morgan fingerprint density at radius 3 is 2.71 bits per heavy atom. The molecule has 0 atom stereocenters. The summed E-state index contributed by atoms with van der Waals surface area (Å²) in [6.07, 6.45) is 2.64. The van der Waals surface area contributed by atoms with Gasteiger partial charge in [-0.1, -0.05) is 11.6 Å². The van der Waals surface area contributed by atoms with E-state index in [4.69, 9.17) is 11.6 Å². The molecule has 1 aromatic carbocycles. The fourth-order valence-corrected chi connectivity index (χ4v) is 1.54. The fourth-order valence-electron chi connectivity index (χ4n) is 1.38. The summed E-state index contributed by atoms with van der Waals surface area (Å²) in [5, 5.41) is 3.18. The summed E-state index contributed by atoms with van der Waals surface area (Å²) in [6, 6.07) is 5.67. The van der Waals surface area contributed by atoms with Gasteiger partial charge in [-0.2, -0.15) is 0 Å². The summed E-state index contributed by atoms with van der Waals surface area (Å²) in [6.45, 7) is 0.295. The quantitative estimate of drug-likeness (QED) is 0.905. The van der Waals surface area contributed by atoms with Crippen molar-refractivity contribution in [1.29, 1.82) is 0 Å². The topological polar surface area (TPSA) is 24.9 Å². The van der Waals surface area contributed by atoms with Crippen LogP contribution < -0.4 is 5.32 Å². The van der Waals surface area contributed by atoms with Gasteiger partial charge in [-0.25, -0.2) is 8.78 Å². The molecule has 1 heterocycles. The van der Waals surface area contributed by atoms with E-state index in [-0.39, 0.29) is 0 Å². The van der Waals surface area contributed by atoms with Crippen LogP contribution in [0, 0.1) is 11.6 Å². The molecule has 2 aromatic rings. The second-order valence-electron chi connectivity index (χ2n) is 3.49. The van der Waals surface area contributed by atoms with Gasteiger partial charge in [0.15, 0.2) is 0 Å². The monoisotopic (exact) mass is 254 g/mol. The van der Waals surface area contributed by atoms with E-state index in [0.717, 1.165) is 6.20 Å². The maximum absolute atomic E-state index is 13.4. The molecule has 1 N–H and O–H groups in total. The van der Waals surface area contributed by atoms with Gasteiger partial charge < -0.3 is 5.32 Å². The van der Waals surface area contributed by atoms with Gasteiger partial charge in [0.2, 0.25) is 0 Å². The number of pyridine rings is 1. The number of halogens is 3. The van der Waals surface area contributed by atoms with Crippen LogP contribution in [0.1, 0.15) is 5.56 Å². The first-order valence-electron chi connectivity index (χ1n) is 4.93. The van der Waals surface area contributed by atoms with Gasteiger partial charge in [-0.15, -0.1) is 0 Å². The lowest BCUT2D eigenvalue weighted by Gasteiger charge is -2.07. The molecule has 5 heteroatoms. The molecule has 0 aliphatic carbocycles. The average molecular weight is 255 g/mol. The summed E-state index contributed by atoms with van der Waals surface area (Å²) in [7, 11) is 0. The van der Waals surface area contributed by atoms with E-state index in [1.54, 1.807) is 6.07 Å². The Bertz CT molecular complexity index is 532. The lowest BCUT2D eigenvalue weighted by atomic mass is 10.2. The van der Waals surface area contributed by atoms with Crippen molar-refractivity contribution in [1.82, 2.24) is 4.98 Å². The molecule has 0 amide bonds. The van der Waals surface area contributed by atoms with Crippen LogP contribution in [0.2, 0.25) is 5.02 Å². The van der Waals surface area contributed by atoms with E-state index in [0.29, 0.717) is 22.8 Å². The number of aromatic nitrogens is 1. The van der Waals surface area contributed by atoms with Crippen LogP contribution in [-0.4, -0.2) is 4.98 Å². The van der Waals surface area contributed by atoms with Gasteiger partial charge >= 0.3 is 0 Å². The molecule has 17 heavy (non-hydrogen) atoms. The molecule has 0 bridgehead atoms. The maximum atomic E-state index is 13.4. The van der Waals surface area contributed by atoms with Crippen molar-refractivity contribution in [3.8, 4) is 0 Å². The molecule has 0 spiro atoms. The highest BCUT2D eigenvalue weighted by atomic mass is 35.5. The summed E-state index contributed by atoms with van der Waals surface area (Å²) < 4.78 is 26.2. The number of nitrogens with zero attached hydrogens (tertiary/aromatic N) is 1. The molecule has 0 saturated heterocycles. The van der Waals surface area contributed by atoms with Gasteiger partial charge in [0.1, 0.15) is 11.6 Å². The molecule has 0 radical (unpaired) electrons. The van der Waals surface area contributed by atoms with Crippen LogP contribution in [0.5, 0.6) is 0 Å². The van der Waals surface area contributed by atoms with E-state index in [9.17, 15) is 8.78 Å². The third-order valence-electron chi connectivity index (χ3n) is 2.18. The number of nitrogens with one attached hydrogen (secondary N) is 1. The average Bonchev–Trinajstić information content (AvgIpc) is 2.28. The van der Waals surface area contributed by atoms with Crippen LogP contribution in [0.25, 0.3) is 0 Å². The lowest BCUT2D eigenvalue weighted by molar-refractivity contribution is 0.618. The third-order valence-corrected chi connectivity index (χ3v) is 2.41. The summed E-state index contributed by atoms with van der Waals surface area (Å²) in [5.74, 6) is -0.859. The van der Waals surface area contributed by atoms with E-state index >= 15 is 0 Å². The number of anilines is 1. The molecular weight excluding hydrogens is 246 g/mol. The summed E-state index contributed by atoms with van der Waals surface area (Å²) >= 11 is 5.63. The molecule has 88 valence electrons. The molecular formula is C12H9ClF2N2. The fraction of sp³-hybridized carbons (Fsp3) is 0.0833. The Balaban J connectivity index is 2.07. The standard InChI is InChI=1S/C12H9ClF2N2/c13-9-1-2-12(11(15)4-9)17-6-8-3-10(14)7-16-5-8/h1-5,7,17H,6H2. The lowest BCUT2D eigenvalue weighted by Crippen LogP contribution is -2.02. The van der Waals surface area contributed by atoms with Crippen LogP contribution in [-0.2, 0) is 6.54 Å². The molecule has 0 saturated carbocycles. The van der Waals surface area contributed by atoms with Crippen LogP contribution >= 0.6 is 11.6 Å². The summed E-state index contributed by atoms with van der Waals surface area (Å²) in [4.78, 5) is 3.70. The molecule has 0 aliphatic heterocycles. The van der Waals surface area contributed by atoms with Gasteiger partial charge in [0.05, 0.1) is 11.9 Å². The molecule has 0 aliphatic rings. The first-order chi connectivity index (χ1) is 8.15. The molecule has 1 aromatic heterocycles. The van der Waals surface area contributed by atoms with Gasteiger partial charge in [-0.3, -0.25) is 4.98 Å². The SMILES string of the molecule is Fc1cncc(CNc2ccc(Cl)cc2F)c1. The van der Waals surface area contributed by atoms with Crippen molar-refractivity contribution in [2.45, 2.75) is 6.54 Å². The Kier molecular flexibility index (Phi) is 3.54. The minimum atomic E-state index is -0.443. The molecule has 2 rings (SSSR count). The Hall–Kier alpha value is -1.68. The number of hydrogen-bond acceptors (Lipinski definition) is 2. The van der Waals surface area contributed by atoms with Gasteiger partial charge in [0, 0.05) is 17.8 Å². The van der Waals surface area contributed by atoms with E-state index < -0.39 is 11.6 Å². The third kappa shape index (κ3) is 3.14. The van der Waals surface area contributed by atoms with Crippen LogP contribution in [0.3, 0.4) is 0 Å². The maximum Gasteiger partial charge on any atom is 0.147 e. The number of hydrogen-bond donors (Lipinski definition) is 1. The number of benzene rings is 1. The highest BCUT2D eigenvalue weighted by Crippen LogP contribution is 2.19. The predicted octanol–water partition coefficient (Wildman–Crippen LogP) is 3.63. The van der Waals surface area contributed by atoms with E-state index in [1.807, 2.05) is 0 Å². The Morgan fingerprint density at radius 1 is 1.18 bits per heavy atom. The first-order valence-corrected chi connectivity index (χ1v) is 5.31. The second kappa shape index (κ2) is 5.10. The van der Waals surface area contributed by atoms with Crippen molar-refractivity contribution in [3.05, 3.63) is 58.9 Å². The van der Waals surface area contributed by atoms with Crippen LogP contribution in [0.4, 0.5) is 14.5 Å². The van der Waals surface area contributed by atoms with Crippen molar-refractivity contribution in [2.24, 2.45) is 0 Å². The Labute approximate surface area is 102 Å². The van der Waals surface area contributed by atoms with E-state index in [2.05, 4.69) is 10.3 Å². The highest BCUT2D eigenvalue weighted by molar-refractivity contribution is 6.30. The largest absolute Gasteiger partial charge is 0.379 e. The highest BCUT2D eigenvalue weighted by Gasteiger charge is 2.03. The zero-order chi connectivity index (χ0) is 12.3. The van der Waals surface area contributed by atoms with Crippen LogP contribution in [0.15, 0.2) is 36.7 Å². The van der Waals surface area contributed by atoms with Crippen molar-refractivity contribution in [2.75, 3.05) is 5.32 Å². The second-order valence-corrected chi connectivity index (χ2v) is 3.93. The predicted molar refractivity (Wildman–Crippen MR) is 62.9 cm³/mol. The van der Waals surface area contributed by atoms with Gasteiger partial charge in [-0.05, 0) is 29.8 Å². The summed E-state index contributed by atoms with van der Waals surface area (Å²) in [5.41, 5.74) is 0.956. The van der Waals surface area contributed by atoms with Crippen molar-refractivity contribution in [3.63, 3.8) is 0 Å². The Morgan fingerprint density at radius 2 is 2.00 bits per heavy atom. The molecule has 2 nitrogen and oxygen atoms in total. The van der Waals surface area contributed by atoms with Gasteiger partial charge in [0.25, 0.3) is 0 Å². The molecule has 0 fully saturated rings. The zero-order valence-corrected chi connectivity index (χ0v) is 9.51. The zero-order valence-electron chi connectivity index (χ0n) is 8.75. The minimum absolute atomic E-state index is 0.295. The smallest absolute Gasteiger partial charge is 0.147 e. The van der Waals surface area contributed by atoms with Crippen molar-refractivity contribution < 1.29 is 8.78 Å². The first kappa shape index (κ1) is 11.8. The minimum Gasteiger partial charge on any atom is -0.379 e. The van der Waals surface area contributed by atoms with Crippen molar-refractivity contribution >= 4 is 17.3 Å². The number of rotatable bonds is 3. The van der Waals surface area contributed by atoms with E-state index in [1.165, 1.54) is 24.4 Å². The molecule has 0 unspecified atom stereocenters.